The van der Waals surface area contributed by atoms with Gasteiger partial charge in [-0.2, -0.15) is 0 Å². The van der Waals surface area contributed by atoms with E-state index in [1.54, 1.807) is 0 Å². The normalized spacial score (nSPS) is 17.4. The molecule has 1 heterocycles. The Morgan fingerprint density at radius 3 is 2.41 bits per heavy atom. The Labute approximate surface area is 203 Å². The third-order valence-electron chi connectivity index (χ3n) is 6.46. The Kier molecular flexibility index (Phi) is 7.79. The van der Waals surface area contributed by atoms with Gasteiger partial charge in [0.2, 0.25) is 0 Å². The van der Waals surface area contributed by atoms with Gasteiger partial charge in [-0.05, 0) is 62.4 Å². The van der Waals surface area contributed by atoms with Crippen LogP contribution >= 0.6 is 0 Å². The number of fused-ring (bicyclic) bond motifs is 1. The van der Waals surface area contributed by atoms with Crippen molar-refractivity contribution in [3.63, 3.8) is 0 Å². The van der Waals surface area contributed by atoms with Crippen LogP contribution in [0.15, 0.2) is 48.5 Å². The van der Waals surface area contributed by atoms with Gasteiger partial charge in [0.1, 0.15) is 24.1 Å². The van der Waals surface area contributed by atoms with Crippen molar-refractivity contribution in [2.75, 3.05) is 13.2 Å². The number of carbonyl (C=O) groups excluding carboxylic acids is 1. The summed E-state index contributed by atoms with van der Waals surface area (Å²) in [7, 11) is 0. The van der Waals surface area contributed by atoms with Gasteiger partial charge in [0.05, 0.1) is 0 Å². The molecule has 0 spiro atoms. The molecule has 34 heavy (non-hydrogen) atoms. The molecular formula is C28H38N2O4. The van der Waals surface area contributed by atoms with E-state index in [2.05, 4.69) is 29.2 Å². The second-order valence-corrected chi connectivity index (χ2v) is 10.6. The molecule has 0 saturated heterocycles. The van der Waals surface area contributed by atoms with Gasteiger partial charge in [-0.3, -0.25) is 4.90 Å². The van der Waals surface area contributed by atoms with Crippen LogP contribution in [-0.2, 0) is 24.4 Å². The highest BCUT2D eigenvalue weighted by Crippen LogP contribution is 2.28. The first-order valence-corrected chi connectivity index (χ1v) is 12.5. The predicted octanol–water partition coefficient (Wildman–Crippen LogP) is 5.12. The van der Waals surface area contributed by atoms with Crippen LogP contribution in [0.4, 0.5) is 4.79 Å². The lowest BCUT2D eigenvalue weighted by molar-refractivity contribution is 0.0144. The van der Waals surface area contributed by atoms with Gasteiger partial charge in [-0.1, -0.05) is 49.2 Å². The fraction of sp³-hybridized carbons (Fsp3) is 0.536. The van der Waals surface area contributed by atoms with Gasteiger partial charge in [-0.15, -0.1) is 0 Å². The Morgan fingerprint density at radius 1 is 1.09 bits per heavy atom. The zero-order valence-electron chi connectivity index (χ0n) is 20.7. The van der Waals surface area contributed by atoms with Crippen molar-refractivity contribution in [2.45, 2.75) is 83.8 Å². The molecular weight excluding hydrogens is 428 g/mol. The van der Waals surface area contributed by atoms with Crippen LogP contribution in [0, 0.1) is 0 Å². The molecule has 0 radical (unpaired) electrons. The van der Waals surface area contributed by atoms with Gasteiger partial charge in [-0.25, -0.2) is 4.79 Å². The van der Waals surface area contributed by atoms with E-state index in [-0.39, 0.29) is 18.7 Å². The van der Waals surface area contributed by atoms with E-state index >= 15 is 0 Å². The van der Waals surface area contributed by atoms with Gasteiger partial charge >= 0.3 is 6.09 Å². The minimum atomic E-state index is -0.574. The van der Waals surface area contributed by atoms with Crippen LogP contribution in [-0.4, -0.2) is 51.9 Å². The molecule has 1 N–H and O–H groups in total. The summed E-state index contributed by atoms with van der Waals surface area (Å²) in [6.07, 6.45) is 3.49. The molecule has 6 heteroatoms. The number of rotatable bonds is 8. The summed E-state index contributed by atoms with van der Waals surface area (Å²) in [5.41, 5.74) is 3.14. The Morgan fingerprint density at radius 2 is 1.76 bits per heavy atom. The number of ether oxygens (including phenoxy) is 2. The minimum Gasteiger partial charge on any atom is -0.491 e. The van der Waals surface area contributed by atoms with Crippen molar-refractivity contribution in [3.05, 3.63) is 65.2 Å². The molecule has 1 unspecified atom stereocenters. The van der Waals surface area contributed by atoms with Crippen molar-refractivity contribution in [3.8, 4) is 5.75 Å². The lowest BCUT2D eigenvalue weighted by Gasteiger charge is -2.31. The Bertz CT molecular complexity index is 940. The molecule has 0 aromatic heterocycles. The molecule has 1 fully saturated rings. The molecule has 1 aliphatic heterocycles. The molecule has 1 aliphatic carbocycles. The van der Waals surface area contributed by atoms with Crippen LogP contribution < -0.4 is 4.74 Å². The maximum Gasteiger partial charge on any atom is 0.410 e. The van der Waals surface area contributed by atoms with Crippen LogP contribution in [0.2, 0.25) is 0 Å². The lowest BCUT2D eigenvalue weighted by Crippen LogP contribution is -2.41. The number of aliphatic hydroxyl groups is 1. The lowest BCUT2D eigenvalue weighted by atomic mass is 10.1. The summed E-state index contributed by atoms with van der Waals surface area (Å²) in [4.78, 5) is 17.0. The Balaban J connectivity index is 1.32. The molecule has 1 saturated carbocycles. The molecule has 6 nitrogen and oxygen atoms in total. The highest BCUT2D eigenvalue weighted by atomic mass is 16.6. The topological polar surface area (TPSA) is 62.2 Å². The number of aliphatic hydroxyl groups excluding tert-OH is 1. The second-order valence-electron chi connectivity index (χ2n) is 10.6. The zero-order chi connectivity index (χ0) is 24.1. The average Bonchev–Trinajstić information content (AvgIpc) is 3.44. The van der Waals surface area contributed by atoms with Gasteiger partial charge < -0.3 is 19.5 Å². The minimum absolute atomic E-state index is 0.214. The molecule has 2 aliphatic rings. The first-order chi connectivity index (χ1) is 16.3. The number of nitrogens with zero attached hydrogens (tertiary/aromatic N) is 2. The van der Waals surface area contributed by atoms with Crippen molar-refractivity contribution in [1.29, 1.82) is 0 Å². The molecule has 4 rings (SSSR count). The van der Waals surface area contributed by atoms with E-state index in [0.29, 0.717) is 18.8 Å². The fourth-order valence-electron chi connectivity index (χ4n) is 4.89. The van der Waals surface area contributed by atoms with E-state index in [0.717, 1.165) is 44.3 Å². The highest BCUT2D eigenvalue weighted by molar-refractivity contribution is 5.68. The number of β-amino-alcohol motifs (C(OH)–C–C–N with tert-alkyl or cyclic N) is 1. The number of benzene rings is 2. The fourth-order valence-corrected chi connectivity index (χ4v) is 4.89. The van der Waals surface area contributed by atoms with Gasteiger partial charge in [0.15, 0.2) is 0 Å². The van der Waals surface area contributed by atoms with E-state index in [4.69, 9.17) is 9.47 Å². The van der Waals surface area contributed by atoms with Crippen LogP contribution in [0.5, 0.6) is 5.75 Å². The quantitative estimate of drug-likeness (QED) is 0.585. The zero-order valence-corrected chi connectivity index (χ0v) is 20.7. The van der Waals surface area contributed by atoms with Crippen molar-refractivity contribution in [2.24, 2.45) is 0 Å². The highest BCUT2D eigenvalue weighted by Gasteiger charge is 2.30. The van der Waals surface area contributed by atoms with Crippen molar-refractivity contribution < 1.29 is 19.4 Å². The van der Waals surface area contributed by atoms with Gasteiger partial charge in [0.25, 0.3) is 0 Å². The first kappa shape index (κ1) is 24.6. The van der Waals surface area contributed by atoms with Gasteiger partial charge in [0, 0.05) is 32.2 Å². The summed E-state index contributed by atoms with van der Waals surface area (Å²) in [6.45, 7) is 8.73. The summed E-state index contributed by atoms with van der Waals surface area (Å²) in [5, 5.41) is 10.6. The molecule has 1 amide bonds. The summed E-state index contributed by atoms with van der Waals surface area (Å²) in [6, 6.07) is 16.4. The average molecular weight is 467 g/mol. The number of carbonyl (C=O) groups is 1. The van der Waals surface area contributed by atoms with E-state index in [9.17, 15) is 9.90 Å². The summed E-state index contributed by atoms with van der Waals surface area (Å²) in [5.74, 6) is 0.705. The number of amides is 1. The van der Waals surface area contributed by atoms with E-state index < -0.39 is 11.7 Å². The van der Waals surface area contributed by atoms with Crippen molar-refractivity contribution >= 4 is 6.09 Å². The predicted molar refractivity (Wildman–Crippen MR) is 133 cm³/mol. The summed E-state index contributed by atoms with van der Waals surface area (Å²) >= 11 is 0. The van der Waals surface area contributed by atoms with Crippen molar-refractivity contribution in [1.82, 2.24) is 9.80 Å². The summed E-state index contributed by atoms with van der Waals surface area (Å²) < 4.78 is 11.6. The van der Waals surface area contributed by atoms with Crippen LogP contribution in [0.1, 0.15) is 63.1 Å². The largest absolute Gasteiger partial charge is 0.491 e. The third kappa shape index (κ3) is 6.73. The Hall–Kier alpha value is -2.57. The monoisotopic (exact) mass is 466 g/mol. The third-order valence-corrected chi connectivity index (χ3v) is 6.46. The first-order valence-electron chi connectivity index (χ1n) is 12.5. The number of hydrogen-bond donors (Lipinski definition) is 1. The maximum absolute atomic E-state index is 12.9. The molecule has 184 valence electrons. The van der Waals surface area contributed by atoms with Crippen LogP contribution in [0.25, 0.3) is 0 Å². The van der Waals surface area contributed by atoms with E-state index in [1.165, 1.54) is 11.1 Å². The standard InChI is InChI=1S/C28H38N2O4/c1-28(2,3)34-27(32)30(24-12-6-7-13-24)16-21-9-8-14-26(15-21)33-20-25(31)19-29-17-22-10-4-5-11-23(22)18-29/h4-5,8-11,14-15,24-25,31H,6-7,12-13,16-20H2,1-3H3. The number of hydrogen-bond acceptors (Lipinski definition) is 5. The van der Waals surface area contributed by atoms with Crippen LogP contribution in [0.3, 0.4) is 0 Å². The molecule has 1 atom stereocenters. The molecule has 2 aromatic rings. The molecule has 2 aromatic carbocycles. The molecule has 0 bridgehead atoms. The van der Waals surface area contributed by atoms with E-state index in [1.807, 2.05) is 49.9 Å². The second kappa shape index (κ2) is 10.8. The SMILES string of the molecule is CC(C)(C)OC(=O)N(Cc1cccc(OCC(O)CN2Cc3ccccc3C2)c1)C1CCCC1. The maximum atomic E-state index is 12.9. The smallest absolute Gasteiger partial charge is 0.410 e.